The van der Waals surface area contributed by atoms with Crippen LogP contribution in [-0.4, -0.2) is 5.91 Å². The van der Waals surface area contributed by atoms with Gasteiger partial charge in [-0.3, -0.25) is 4.79 Å². The number of β-lactam (4-membered cyclic amide) rings is 1. The normalized spacial score (nSPS) is 27.9. The van der Waals surface area contributed by atoms with Crippen molar-refractivity contribution in [3.8, 4) is 0 Å². The first-order valence-electron chi connectivity index (χ1n) is 4.16. The third kappa shape index (κ3) is 1.05. The first kappa shape index (κ1) is 7.80. The Balaban J connectivity index is 2.13. The maximum absolute atomic E-state index is 11.1. The monoisotopic (exact) mass is 181 g/mol. The van der Waals surface area contributed by atoms with Crippen LogP contribution in [0.4, 0.5) is 0 Å². The molecule has 64 valence electrons. The molecule has 1 fully saturated rings. The van der Waals surface area contributed by atoms with Crippen molar-refractivity contribution in [1.29, 1.82) is 0 Å². The number of carbonyl (C=O) groups excluding carboxylic acids is 1. The summed E-state index contributed by atoms with van der Waals surface area (Å²) in [5.41, 5.74) is 0. The number of amides is 1. The van der Waals surface area contributed by atoms with E-state index in [0.717, 1.165) is 6.42 Å². The fourth-order valence-electron chi connectivity index (χ4n) is 1.57. The minimum absolute atomic E-state index is 0.205. The summed E-state index contributed by atoms with van der Waals surface area (Å²) in [7, 11) is 0. The minimum Gasteiger partial charge on any atom is -0.347 e. The number of hydrogen-bond donors (Lipinski definition) is 1. The molecular formula is C9H11NOS. The first-order valence-corrected chi connectivity index (χ1v) is 5.04. The second kappa shape index (κ2) is 2.90. The van der Waals surface area contributed by atoms with Crippen molar-refractivity contribution >= 4 is 17.2 Å². The van der Waals surface area contributed by atoms with E-state index in [4.69, 9.17) is 0 Å². The van der Waals surface area contributed by atoms with Crippen LogP contribution in [0.5, 0.6) is 0 Å². The highest BCUT2D eigenvalue weighted by Gasteiger charge is 2.38. The highest BCUT2D eigenvalue weighted by Crippen LogP contribution is 2.34. The SMILES string of the molecule is CCC1C(=O)NC1c1cccs1. The molecule has 1 aromatic rings. The van der Waals surface area contributed by atoms with Gasteiger partial charge in [-0.05, 0) is 17.9 Å². The lowest BCUT2D eigenvalue weighted by Crippen LogP contribution is -2.50. The summed E-state index contributed by atoms with van der Waals surface area (Å²) in [5.74, 6) is 0.416. The molecular weight excluding hydrogens is 170 g/mol. The van der Waals surface area contributed by atoms with E-state index in [1.807, 2.05) is 11.4 Å². The van der Waals surface area contributed by atoms with E-state index in [1.54, 1.807) is 11.3 Å². The van der Waals surface area contributed by atoms with Crippen molar-refractivity contribution < 1.29 is 4.79 Å². The van der Waals surface area contributed by atoms with Gasteiger partial charge >= 0.3 is 0 Å². The van der Waals surface area contributed by atoms with Gasteiger partial charge < -0.3 is 5.32 Å². The lowest BCUT2D eigenvalue weighted by atomic mass is 9.87. The van der Waals surface area contributed by atoms with Crippen LogP contribution in [0.1, 0.15) is 24.3 Å². The molecule has 1 N–H and O–H groups in total. The second-order valence-corrected chi connectivity index (χ2v) is 4.00. The largest absolute Gasteiger partial charge is 0.347 e. The van der Waals surface area contributed by atoms with E-state index >= 15 is 0 Å². The molecule has 1 saturated heterocycles. The highest BCUT2D eigenvalue weighted by atomic mass is 32.1. The van der Waals surface area contributed by atoms with Crippen LogP contribution < -0.4 is 5.32 Å². The number of carbonyl (C=O) groups is 1. The van der Waals surface area contributed by atoms with Gasteiger partial charge in [-0.25, -0.2) is 0 Å². The Labute approximate surface area is 75.6 Å². The molecule has 1 amide bonds. The predicted molar refractivity (Wildman–Crippen MR) is 49.0 cm³/mol. The number of rotatable bonds is 2. The quantitative estimate of drug-likeness (QED) is 0.694. The standard InChI is InChI=1S/C9H11NOS/c1-2-6-8(10-9(6)11)7-4-3-5-12-7/h3-6,8H,2H2,1H3,(H,10,11). The molecule has 0 saturated carbocycles. The van der Waals surface area contributed by atoms with Gasteiger partial charge in [-0.1, -0.05) is 13.0 Å². The third-order valence-corrected chi connectivity index (χ3v) is 3.28. The maximum atomic E-state index is 11.1. The molecule has 1 aromatic heterocycles. The van der Waals surface area contributed by atoms with Crippen LogP contribution in [0.15, 0.2) is 17.5 Å². The molecule has 1 aliphatic rings. The van der Waals surface area contributed by atoms with Gasteiger partial charge in [0.2, 0.25) is 5.91 Å². The fraction of sp³-hybridized carbons (Fsp3) is 0.444. The Morgan fingerprint density at radius 1 is 1.67 bits per heavy atom. The van der Waals surface area contributed by atoms with Crippen molar-refractivity contribution in [3.63, 3.8) is 0 Å². The molecule has 0 aliphatic carbocycles. The molecule has 2 rings (SSSR count). The first-order chi connectivity index (χ1) is 5.83. The van der Waals surface area contributed by atoms with Crippen molar-refractivity contribution in [3.05, 3.63) is 22.4 Å². The molecule has 12 heavy (non-hydrogen) atoms. The van der Waals surface area contributed by atoms with E-state index < -0.39 is 0 Å². The van der Waals surface area contributed by atoms with Crippen molar-refractivity contribution in [2.75, 3.05) is 0 Å². The minimum atomic E-state index is 0.205. The van der Waals surface area contributed by atoms with Crippen molar-refractivity contribution in [2.24, 2.45) is 5.92 Å². The van der Waals surface area contributed by atoms with Gasteiger partial charge in [0, 0.05) is 4.88 Å². The Kier molecular flexibility index (Phi) is 1.89. The molecule has 0 radical (unpaired) electrons. The van der Waals surface area contributed by atoms with E-state index in [-0.39, 0.29) is 11.8 Å². The molecule has 1 aliphatic heterocycles. The van der Waals surface area contributed by atoms with Crippen molar-refractivity contribution in [1.82, 2.24) is 5.32 Å². The summed E-state index contributed by atoms with van der Waals surface area (Å²) >= 11 is 1.71. The highest BCUT2D eigenvalue weighted by molar-refractivity contribution is 7.10. The zero-order chi connectivity index (χ0) is 8.55. The molecule has 0 spiro atoms. The summed E-state index contributed by atoms with van der Waals surface area (Å²) in [5, 5.41) is 4.97. The summed E-state index contributed by atoms with van der Waals surface area (Å²) in [4.78, 5) is 12.3. The molecule has 2 nitrogen and oxygen atoms in total. The molecule has 0 bridgehead atoms. The topological polar surface area (TPSA) is 29.1 Å². The Morgan fingerprint density at radius 3 is 3.00 bits per heavy atom. The van der Waals surface area contributed by atoms with E-state index in [0.29, 0.717) is 6.04 Å². The van der Waals surface area contributed by atoms with Gasteiger partial charge in [0.1, 0.15) is 0 Å². The van der Waals surface area contributed by atoms with Gasteiger partial charge in [0.05, 0.1) is 12.0 Å². The molecule has 2 heterocycles. The number of hydrogen-bond acceptors (Lipinski definition) is 2. The summed E-state index contributed by atoms with van der Waals surface area (Å²) < 4.78 is 0. The molecule has 0 aromatic carbocycles. The average Bonchev–Trinajstić information content (AvgIpc) is 2.52. The zero-order valence-corrected chi connectivity index (χ0v) is 7.73. The Hall–Kier alpha value is -0.830. The second-order valence-electron chi connectivity index (χ2n) is 3.02. The zero-order valence-electron chi connectivity index (χ0n) is 6.91. The van der Waals surface area contributed by atoms with Gasteiger partial charge in [0.15, 0.2) is 0 Å². The lowest BCUT2D eigenvalue weighted by Gasteiger charge is -2.35. The number of nitrogens with one attached hydrogen (secondary N) is 1. The third-order valence-electron chi connectivity index (χ3n) is 2.33. The molecule has 2 atom stereocenters. The van der Waals surface area contributed by atoms with Crippen LogP contribution in [0.2, 0.25) is 0 Å². The van der Waals surface area contributed by atoms with Gasteiger partial charge in [-0.15, -0.1) is 11.3 Å². The average molecular weight is 181 g/mol. The predicted octanol–water partition coefficient (Wildman–Crippen LogP) is 1.95. The summed E-state index contributed by atoms with van der Waals surface area (Å²) in [6.07, 6.45) is 0.939. The van der Waals surface area contributed by atoms with Gasteiger partial charge in [0.25, 0.3) is 0 Å². The van der Waals surface area contributed by atoms with Crippen LogP contribution in [0.3, 0.4) is 0 Å². The molecule has 2 unspecified atom stereocenters. The Morgan fingerprint density at radius 2 is 2.50 bits per heavy atom. The van der Waals surface area contributed by atoms with Gasteiger partial charge in [-0.2, -0.15) is 0 Å². The number of thiophene rings is 1. The summed E-state index contributed by atoms with van der Waals surface area (Å²) in [6, 6.07) is 4.40. The van der Waals surface area contributed by atoms with Crippen LogP contribution in [0.25, 0.3) is 0 Å². The Bertz CT molecular complexity index is 281. The van der Waals surface area contributed by atoms with Crippen LogP contribution in [-0.2, 0) is 4.79 Å². The summed E-state index contributed by atoms with van der Waals surface area (Å²) in [6.45, 7) is 2.06. The van der Waals surface area contributed by atoms with E-state index in [9.17, 15) is 4.79 Å². The molecule has 3 heteroatoms. The maximum Gasteiger partial charge on any atom is 0.226 e. The van der Waals surface area contributed by atoms with Crippen molar-refractivity contribution in [2.45, 2.75) is 19.4 Å². The van der Waals surface area contributed by atoms with Crippen LogP contribution >= 0.6 is 11.3 Å². The lowest BCUT2D eigenvalue weighted by molar-refractivity contribution is -0.135. The smallest absolute Gasteiger partial charge is 0.226 e. The fourth-order valence-corrected chi connectivity index (χ4v) is 2.42. The van der Waals surface area contributed by atoms with Crippen LogP contribution in [0, 0.1) is 5.92 Å². The van der Waals surface area contributed by atoms with E-state index in [2.05, 4.69) is 18.3 Å². The van der Waals surface area contributed by atoms with E-state index in [1.165, 1.54) is 4.88 Å².